The van der Waals surface area contributed by atoms with Crippen molar-refractivity contribution in [3.8, 4) is 11.4 Å². The number of carbonyl (C=O) groups excluding carboxylic acids is 1. The Morgan fingerprint density at radius 1 is 1.27 bits per heavy atom. The Labute approximate surface area is 125 Å². The maximum absolute atomic E-state index is 11.2. The van der Waals surface area contributed by atoms with Crippen molar-refractivity contribution < 1.29 is 9.72 Å². The summed E-state index contributed by atoms with van der Waals surface area (Å²) in [4.78, 5) is 29.3. The minimum Gasteiger partial charge on any atom is -0.338 e. The van der Waals surface area contributed by atoms with Gasteiger partial charge in [0, 0.05) is 30.3 Å². The molecular formula is C15H12N4O3. The third-order valence-corrected chi connectivity index (χ3v) is 3.11. The maximum atomic E-state index is 11.2. The Hall–Kier alpha value is -3.22. The fourth-order valence-electron chi connectivity index (χ4n) is 2.22. The minimum atomic E-state index is -0.503. The topological polar surface area (TPSA) is 101 Å². The Bertz CT molecular complexity index is 852. The highest BCUT2D eigenvalue weighted by Crippen LogP contribution is 2.28. The van der Waals surface area contributed by atoms with E-state index in [1.807, 2.05) is 24.3 Å². The Morgan fingerprint density at radius 2 is 2.05 bits per heavy atom. The van der Waals surface area contributed by atoms with E-state index in [2.05, 4.69) is 15.3 Å². The highest BCUT2D eigenvalue weighted by atomic mass is 16.6. The lowest BCUT2D eigenvalue weighted by Crippen LogP contribution is -2.06. The maximum Gasteiger partial charge on any atom is 0.272 e. The number of amides is 1. The summed E-state index contributed by atoms with van der Waals surface area (Å²) >= 11 is 0. The Morgan fingerprint density at radius 3 is 2.73 bits per heavy atom. The lowest BCUT2D eigenvalue weighted by Gasteiger charge is -2.04. The first-order valence-electron chi connectivity index (χ1n) is 6.55. The van der Waals surface area contributed by atoms with Crippen LogP contribution in [0.4, 0.5) is 11.4 Å². The number of para-hydroxylation sites is 2. The number of rotatable bonds is 3. The number of nitrogens with zero attached hydrogens (tertiary/aromatic N) is 2. The van der Waals surface area contributed by atoms with Gasteiger partial charge in [-0.15, -0.1) is 0 Å². The van der Waals surface area contributed by atoms with E-state index in [9.17, 15) is 14.9 Å². The van der Waals surface area contributed by atoms with Gasteiger partial charge >= 0.3 is 0 Å². The van der Waals surface area contributed by atoms with E-state index in [0.29, 0.717) is 17.1 Å². The lowest BCUT2D eigenvalue weighted by atomic mass is 10.1. The van der Waals surface area contributed by atoms with Crippen LogP contribution in [-0.2, 0) is 4.79 Å². The largest absolute Gasteiger partial charge is 0.338 e. The third kappa shape index (κ3) is 2.64. The first-order valence-corrected chi connectivity index (χ1v) is 6.55. The number of aromatic nitrogens is 2. The molecule has 0 atom stereocenters. The molecule has 0 spiro atoms. The smallest absolute Gasteiger partial charge is 0.272 e. The van der Waals surface area contributed by atoms with Gasteiger partial charge < -0.3 is 10.3 Å². The fraction of sp³-hybridized carbons (Fsp3) is 0.0667. The number of nitro groups is 1. The zero-order valence-electron chi connectivity index (χ0n) is 11.7. The van der Waals surface area contributed by atoms with E-state index in [-0.39, 0.29) is 11.6 Å². The lowest BCUT2D eigenvalue weighted by molar-refractivity contribution is -0.384. The summed E-state index contributed by atoms with van der Waals surface area (Å²) in [6, 6.07) is 11.8. The zero-order valence-corrected chi connectivity index (χ0v) is 11.7. The number of benzene rings is 2. The van der Waals surface area contributed by atoms with Crippen molar-refractivity contribution in [1.29, 1.82) is 0 Å². The predicted molar refractivity (Wildman–Crippen MR) is 82.5 cm³/mol. The van der Waals surface area contributed by atoms with E-state index in [1.54, 1.807) is 6.07 Å². The molecule has 22 heavy (non-hydrogen) atoms. The number of fused-ring (bicyclic) bond motifs is 1. The standard InChI is InChI=1S/C15H12N4O3/c1-9(20)16-11-6-10(7-12(8-11)19(21)22)15-17-13-4-2-3-5-14(13)18-15/h2-8H,1H3,(H,16,20)(H,17,18). The van der Waals surface area contributed by atoms with Gasteiger partial charge in [-0.05, 0) is 18.2 Å². The normalized spacial score (nSPS) is 10.6. The molecule has 0 aliphatic carbocycles. The third-order valence-electron chi connectivity index (χ3n) is 3.11. The van der Waals surface area contributed by atoms with E-state index < -0.39 is 4.92 Å². The summed E-state index contributed by atoms with van der Waals surface area (Å²) in [6.45, 7) is 1.35. The number of hydrogen-bond acceptors (Lipinski definition) is 4. The molecule has 0 unspecified atom stereocenters. The molecule has 7 heteroatoms. The number of aromatic amines is 1. The van der Waals surface area contributed by atoms with Crippen LogP contribution in [0.15, 0.2) is 42.5 Å². The summed E-state index contributed by atoms with van der Waals surface area (Å²) < 4.78 is 0. The average Bonchev–Trinajstić information content (AvgIpc) is 2.90. The zero-order chi connectivity index (χ0) is 15.7. The van der Waals surface area contributed by atoms with Crippen molar-refractivity contribution in [1.82, 2.24) is 9.97 Å². The predicted octanol–water partition coefficient (Wildman–Crippen LogP) is 3.10. The minimum absolute atomic E-state index is 0.110. The average molecular weight is 296 g/mol. The quantitative estimate of drug-likeness (QED) is 0.572. The van der Waals surface area contributed by atoms with Gasteiger partial charge in [-0.2, -0.15) is 0 Å². The highest BCUT2D eigenvalue weighted by molar-refractivity contribution is 5.90. The first-order chi connectivity index (χ1) is 10.5. The molecule has 3 rings (SSSR count). The molecule has 1 heterocycles. The number of imidazole rings is 1. The molecule has 0 aliphatic heterocycles. The van der Waals surface area contributed by atoms with Crippen molar-refractivity contribution >= 4 is 28.3 Å². The van der Waals surface area contributed by atoms with Gasteiger partial charge in [-0.1, -0.05) is 12.1 Å². The summed E-state index contributed by atoms with van der Waals surface area (Å²) in [5, 5.41) is 13.6. The van der Waals surface area contributed by atoms with Crippen LogP contribution in [0.1, 0.15) is 6.92 Å². The van der Waals surface area contributed by atoms with E-state index >= 15 is 0 Å². The number of non-ortho nitro benzene ring substituents is 1. The van der Waals surface area contributed by atoms with E-state index in [0.717, 1.165) is 11.0 Å². The van der Waals surface area contributed by atoms with E-state index in [1.165, 1.54) is 19.1 Å². The molecule has 0 bridgehead atoms. The molecule has 2 N–H and O–H groups in total. The van der Waals surface area contributed by atoms with Gasteiger partial charge in [0.25, 0.3) is 5.69 Å². The molecule has 0 saturated heterocycles. The molecule has 7 nitrogen and oxygen atoms in total. The van der Waals surface area contributed by atoms with Crippen LogP contribution in [0.5, 0.6) is 0 Å². The number of nitrogens with one attached hydrogen (secondary N) is 2. The van der Waals surface area contributed by atoms with Crippen LogP contribution < -0.4 is 5.32 Å². The number of hydrogen-bond donors (Lipinski definition) is 2. The van der Waals surface area contributed by atoms with Crippen molar-refractivity contribution in [2.45, 2.75) is 6.92 Å². The number of carbonyl (C=O) groups is 1. The van der Waals surface area contributed by atoms with Gasteiger partial charge in [0.2, 0.25) is 5.91 Å². The van der Waals surface area contributed by atoms with Gasteiger partial charge in [0.05, 0.1) is 16.0 Å². The Kier molecular flexibility index (Phi) is 3.30. The molecular weight excluding hydrogens is 284 g/mol. The van der Waals surface area contributed by atoms with Crippen LogP contribution in [0.3, 0.4) is 0 Å². The van der Waals surface area contributed by atoms with Crippen LogP contribution >= 0.6 is 0 Å². The molecule has 1 aromatic heterocycles. The van der Waals surface area contributed by atoms with Gasteiger partial charge in [-0.25, -0.2) is 4.98 Å². The second kappa shape index (κ2) is 5.28. The number of nitro benzene ring substituents is 1. The molecule has 0 fully saturated rings. The van der Waals surface area contributed by atoms with Crippen LogP contribution in [0.2, 0.25) is 0 Å². The van der Waals surface area contributed by atoms with Crippen molar-refractivity contribution in [2.75, 3.05) is 5.32 Å². The van der Waals surface area contributed by atoms with Crippen LogP contribution in [0, 0.1) is 10.1 Å². The summed E-state index contributed by atoms with van der Waals surface area (Å²) in [5.41, 5.74) is 2.39. The second-order valence-electron chi connectivity index (χ2n) is 4.81. The molecule has 3 aromatic rings. The van der Waals surface area contributed by atoms with Crippen LogP contribution in [0.25, 0.3) is 22.4 Å². The molecule has 1 amide bonds. The van der Waals surface area contributed by atoms with Crippen LogP contribution in [-0.4, -0.2) is 20.8 Å². The van der Waals surface area contributed by atoms with Gasteiger partial charge in [0.1, 0.15) is 5.82 Å². The fourth-order valence-corrected chi connectivity index (χ4v) is 2.22. The monoisotopic (exact) mass is 296 g/mol. The molecule has 0 saturated carbocycles. The highest BCUT2D eigenvalue weighted by Gasteiger charge is 2.14. The molecule has 110 valence electrons. The number of H-pyrrole nitrogens is 1. The number of anilines is 1. The van der Waals surface area contributed by atoms with Gasteiger partial charge in [-0.3, -0.25) is 14.9 Å². The summed E-state index contributed by atoms with van der Waals surface area (Å²) in [7, 11) is 0. The van der Waals surface area contributed by atoms with Crippen molar-refractivity contribution in [3.05, 3.63) is 52.6 Å². The SMILES string of the molecule is CC(=O)Nc1cc(-c2nc3ccccc3[nH]2)cc([N+](=O)[O-])c1. The first kappa shape index (κ1) is 13.7. The van der Waals surface area contributed by atoms with Crippen molar-refractivity contribution in [3.63, 3.8) is 0 Å². The second-order valence-corrected chi connectivity index (χ2v) is 4.81. The van der Waals surface area contributed by atoms with Crippen molar-refractivity contribution in [2.24, 2.45) is 0 Å². The Balaban J connectivity index is 2.13. The summed E-state index contributed by atoms with van der Waals surface area (Å²) in [6.07, 6.45) is 0. The molecule has 2 aromatic carbocycles. The molecule has 0 aliphatic rings. The van der Waals surface area contributed by atoms with E-state index in [4.69, 9.17) is 0 Å². The molecule has 0 radical (unpaired) electrons. The van der Waals surface area contributed by atoms with Gasteiger partial charge in [0.15, 0.2) is 0 Å². The summed E-state index contributed by atoms with van der Waals surface area (Å²) in [5.74, 6) is 0.215.